The molecule has 0 spiro atoms. The van der Waals surface area contributed by atoms with Crippen LogP contribution in [0.5, 0.6) is 0 Å². The predicted octanol–water partition coefficient (Wildman–Crippen LogP) is 3.00. The van der Waals surface area contributed by atoms with E-state index >= 15 is 0 Å². The van der Waals surface area contributed by atoms with E-state index in [1.165, 1.54) is 34.6 Å². The molecule has 1 heterocycles. The molecule has 9 nitrogen and oxygen atoms in total. The fourth-order valence-corrected chi connectivity index (χ4v) is 4.98. The first-order valence-corrected chi connectivity index (χ1v) is 11.7. The van der Waals surface area contributed by atoms with Crippen molar-refractivity contribution < 1.29 is 18.1 Å². The van der Waals surface area contributed by atoms with Gasteiger partial charge in [-0.15, -0.1) is 0 Å². The SMILES string of the molecule is O=C(NCCNc1ccccc1[N+](=O)[O-])c1ccc(S(=O)(=O)N2CCCCCC2)cc1. The number of rotatable bonds is 8. The molecule has 10 heteroatoms. The maximum atomic E-state index is 12.8. The van der Waals surface area contributed by atoms with Crippen molar-refractivity contribution in [3.63, 3.8) is 0 Å². The number of benzene rings is 2. The molecule has 166 valence electrons. The Hall–Kier alpha value is -2.98. The van der Waals surface area contributed by atoms with Gasteiger partial charge in [-0.05, 0) is 43.2 Å². The standard InChI is InChI=1S/C21H26N4O5S/c26-21(23-14-13-22-19-7-3-4-8-20(19)25(27)28)17-9-11-18(12-10-17)31(29,30)24-15-5-1-2-6-16-24/h3-4,7-12,22H,1-2,5-6,13-16H2,(H,23,26). The van der Waals surface area contributed by atoms with Gasteiger partial charge in [0.15, 0.2) is 0 Å². The van der Waals surface area contributed by atoms with Gasteiger partial charge in [-0.2, -0.15) is 4.31 Å². The van der Waals surface area contributed by atoms with Crippen molar-refractivity contribution in [2.24, 2.45) is 0 Å². The van der Waals surface area contributed by atoms with Crippen LogP contribution in [0.3, 0.4) is 0 Å². The van der Waals surface area contributed by atoms with Crippen LogP contribution in [0.15, 0.2) is 53.4 Å². The summed E-state index contributed by atoms with van der Waals surface area (Å²) >= 11 is 0. The number of sulfonamides is 1. The number of nitrogens with zero attached hydrogens (tertiary/aromatic N) is 2. The zero-order valence-corrected chi connectivity index (χ0v) is 17.9. The van der Waals surface area contributed by atoms with Crippen LogP contribution in [0.25, 0.3) is 0 Å². The lowest BCUT2D eigenvalue weighted by molar-refractivity contribution is -0.384. The molecule has 0 unspecified atom stereocenters. The van der Waals surface area contributed by atoms with Crippen LogP contribution in [0.4, 0.5) is 11.4 Å². The van der Waals surface area contributed by atoms with Crippen molar-refractivity contribution in [3.8, 4) is 0 Å². The molecular formula is C21H26N4O5S. The summed E-state index contributed by atoms with van der Waals surface area (Å²) in [6.07, 6.45) is 3.80. The van der Waals surface area contributed by atoms with Gasteiger partial charge in [0.05, 0.1) is 9.82 Å². The van der Waals surface area contributed by atoms with Gasteiger partial charge in [0.25, 0.3) is 11.6 Å². The van der Waals surface area contributed by atoms with E-state index in [1.807, 2.05) is 0 Å². The molecule has 2 N–H and O–H groups in total. The largest absolute Gasteiger partial charge is 0.378 e. The first-order valence-electron chi connectivity index (χ1n) is 10.3. The molecule has 2 aromatic rings. The van der Waals surface area contributed by atoms with E-state index in [0.717, 1.165) is 25.7 Å². The molecule has 0 atom stereocenters. The summed E-state index contributed by atoms with van der Waals surface area (Å²) in [5, 5.41) is 16.7. The number of hydrogen-bond donors (Lipinski definition) is 2. The predicted molar refractivity (Wildman–Crippen MR) is 118 cm³/mol. The number of carbonyl (C=O) groups excluding carboxylic acids is 1. The monoisotopic (exact) mass is 446 g/mol. The van der Waals surface area contributed by atoms with Gasteiger partial charge in [-0.3, -0.25) is 14.9 Å². The summed E-state index contributed by atoms with van der Waals surface area (Å²) in [6, 6.07) is 12.2. The number of para-hydroxylation sites is 2. The van der Waals surface area contributed by atoms with E-state index in [1.54, 1.807) is 18.2 Å². The maximum Gasteiger partial charge on any atom is 0.292 e. The van der Waals surface area contributed by atoms with Crippen LogP contribution in [0.1, 0.15) is 36.0 Å². The average molecular weight is 447 g/mol. The smallest absolute Gasteiger partial charge is 0.292 e. The highest BCUT2D eigenvalue weighted by atomic mass is 32.2. The van der Waals surface area contributed by atoms with Crippen LogP contribution in [0.2, 0.25) is 0 Å². The second-order valence-corrected chi connectivity index (χ2v) is 9.24. The summed E-state index contributed by atoms with van der Waals surface area (Å²) in [6.45, 7) is 1.60. The molecule has 0 saturated carbocycles. The van der Waals surface area contributed by atoms with E-state index in [-0.39, 0.29) is 23.0 Å². The third-order valence-electron chi connectivity index (χ3n) is 5.15. The molecule has 0 aromatic heterocycles. The molecule has 0 bridgehead atoms. The summed E-state index contributed by atoms with van der Waals surface area (Å²) in [7, 11) is -3.55. The number of hydrogen-bond acceptors (Lipinski definition) is 6. The number of nitro groups is 1. The van der Waals surface area contributed by atoms with E-state index in [2.05, 4.69) is 10.6 Å². The lowest BCUT2D eigenvalue weighted by Gasteiger charge is -2.20. The quantitative estimate of drug-likeness (QED) is 0.365. The maximum absolute atomic E-state index is 12.8. The number of amides is 1. The van der Waals surface area contributed by atoms with Crippen LogP contribution in [0, 0.1) is 10.1 Å². The third kappa shape index (κ3) is 5.80. The Kier molecular flexibility index (Phi) is 7.59. The molecule has 1 saturated heterocycles. The van der Waals surface area contributed by atoms with Crippen LogP contribution >= 0.6 is 0 Å². The zero-order chi connectivity index (χ0) is 22.3. The number of nitrogens with one attached hydrogen (secondary N) is 2. The summed E-state index contributed by atoms with van der Waals surface area (Å²) in [5.41, 5.74) is 0.695. The Bertz CT molecular complexity index is 1020. The van der Waals surface area contributed by atoms with Gasteiger partial charge in [-0.25, -0.2) is 8.42 Å². The van der Waals surface area contributed by atoms with Gasteiger partial charge >= 0.3 is 0 Å². The Labute approximate surface area is 181 Å². The van der Waals surface area contributed by atoms with E-state index < -0.39 is 14.9 Å². The van der Waals surface area contributed by atoms with Gasteiger partial charge in [0, 0.05) is 37.8 Å². The molecule has 3 rings (SSSR count). The molecule has 2 aromatic carbocycles. The molecule has 0 aliphatic carbocycles. The van der Waals surface area contributed by atoms with Gasteiger partial charge in [0.2, 0.25) is 10.0 Å². The summed E-state index contributed by atoms with van der Waals surface area (Å²) < 4.78 is 27.1. The van der Waals surface area contributed by atoms with E-state index in [4.69, 9.17) is 0 Å². The number of nitro benzene ring substituents is 1. The Morgan fingerprint density at radius 1 is 0.968 bits per heavy atom. The molecule has 1 aliphatic heterocycles. The minimum absolute atomic E-state index is 0.0324. The molecule has 1 fully saturated rings. The van der Waals surface area contributed by atoms with Crippen molar-refractivity contribution >= 4 is 27.3 Å². The highest BCUT2D eigenvalue weighted by molar-refractivity contribution is 7.89. The Balaban J connectivity index is 1.54. The topological polar surface area (TPSA) is 122 Å². The molecule has 1 amide bonds. The second-order valence-electron chi connectivity index (χ2n) is 7.30. The molecular weight excluding hydrogens is 420 g/mol. The third-order valence-corrected chi connectivity index (χ3v) is 7.06. The average Bonchev–Trinajstić information content (AvgIpc) is 3.07. The van der Waals surface area contributed by atoms with Crippen molar-refractivity contribution in [2.45, 2.75) is 30.6 Å². The number of carbonyl (C=O) groups is 1. The highest BCUT2D eigenvalue weighted by Gasteiger charge is 2.25. The Morgan fingerprint density at radius 3 is 2.26 bits per heavy atom. The van der Waals surface area contributed by atoms with E-state index in [9.17, 15) is 23.3 Å². The summed E-state index contributed by atoms with van der Waals surface area (Å²) in [4.78, 5) is 23.1. The minimum Gasteiger partial charge on any atom is -0.378 e. The molecule has 0 radical (unpaired) electrons. The van der Waals surface area contributed by atoms with Gasteiger partial charge in [0.1, 0.15) is 5.69 Å². The fraction of sp³-hybridized carbons (Fsp3) is 0.381. The lowest BCUT2D eigenvalue weighted by Crippen LogP contribution is -2.32. The van der Waals surface area contributed by atoms with Crippen LogP contribution in [-0.2, 0) is 10.0 Å². The van der Waals surface area contributed by atoms with Crippen LogP contribution < -0.4 is 10.6 Å². The second kappa shape index (κ2) is 10.4. The zero-order valence-electron chi connectivity index (χ0n) is 17.1. The fourth-order valence-electron chi connectivity index (χ4n) is 3.47. The number of anilines is 1. The van der Waals surface area contributed by atoms with Crippen molar-refractivity contribution in [1.82, 2.24) is 9.62 Å². The van der Waals surface area contributed by atoms with Crippen molar-refractivity contribution in [1.29, 1.82) is 0 Å². The van der Waals surface area contributed by atoms with Gasteiger partial charge in [-0.1, -0.05) is 25.0 Å². The highest BCUT2D eigenvalue weighted by Crippen LogP contribution is 2.23. The first-order chi connectivity index (χ1) is 14.9. The lowest BCUT2D eigenvalue weighted by atomic mass is 10.2. The summed E-state index contributed by atoms with van der Waals surface area (Å²) in [5.74, 6) is -0.344. The minimum atomic E-state index is -3.55. The first kappa shape index (κ1) is 22.7. The van der Waals surface area contributed by atoms with E-state index in [0.29, 0.717) is 30.9 Å². The van der Waals surface area contributed by atoms with Crippen LogP contribution in [-0.4, -0.2) is 49.7 Å². The Morgan fingerprint density at radius 2 is 1.61 bits per heavy atom. The van der Waals surface area contributed by atoms with Crippen molar-refractivity contribution in [2.75, 3.05) is 31.5 Å². The molecule has 1 aliphatic rings. The normalized spacial score (nSPS) is 15.1. The van der Waals surface area contributed by atoms with Crippen molar-refractivity contribution in [3.05, 3.63) is 64.2 Å². The molecule has 31 heavy (non-hydrogen) atoms. The van der Waals surface area contributed by atoms with Gasteiger partial charge < -0.3 is 10.6 Å².